The molecule has 150 valence electrons. The molecule has 0 aliphatic carbocycles. The number of halogens is 3. The summed E-state index contributed by atoms with van der Waals surface area (Å²) in [4.78, 5) is 30.2. The first-order valence-electron chi connectivity index (χ1n) is 8.49. The lowest BCUT2D eigenvalue weighted by atomic mass is 10.1. The van der Waals surface area contributed by atoms with Gasteiger partial charge in [-0.15, -0.1) is 0 Å². The van der Waals surface area contributed by atoms with Crippen LogP contribution in [0.2, 0.25) is 0 Å². The molecule has 0 radical (unpaired) electrons. The normalized spacial score (nSPS) is 10.8. The van der Waals surface area contributed by atoms with Crippen LogP contribution in [-0.2, 0) is 13.0 Å². The van der Waals surface area contributed by atoms with E-state index in [1.165, 1.54) is 12.3 Å². The van der Waals surface area contributed by atoms with Gasteiger partial charge in [0.05, 0.1) is 5.56 Å². The summed E-state index contributed by atoms with van der Waals surface area (Å²) in [5.41, 5.74) is 7.01. The highest BCUT2D eigenvalue weighted by Crippen LogP contribution is 2.30. The van der Waals surface area contributed by atoms with Gasteiger partial charge < -0.3 is 15.5 Å². The van der Waals surface area contributed by atoms with Crippen LogP contribution < -0.4 is 16.0 Å². The molecule has 0 unspecified atom stereocenters. The third-order valence-corrected chi connectivity index (χ3v) is 5.00. The maximum Gasteiger partial charge on any atom is 0.266 e. The highest BCUT2D eigenvalue weighted by atomic mass is 79.9. The fourth-order valence-corrected chi connectivity index (χ4v) is 3.17. The van der Waals surface area contributed by atoms with E-state index in [-0.39, 0.29) is 34.4 Å². The quantitative estimate of drug-likeness (QED) is 0.585. The molecule has 0 saturated carbocycles. The van der Waals surface area contributed by atoms with Crippen molar-refractivity contribution >= 4 is 21.8 Å². The molecule has 3 rings (SSSR count). The molecule has 0 saturated heterocycles. The van der Waals surface area contributed by atoms with Crippen LogP contribution >= 0.6 is 15.9 Å². The van der Waals surface area contributed by atoms with E-state index in [1.807, 2.05) is 0 Å². The number of primary amides is 1. The predicted octanol–water partition coefficient (Wildman–Crippen LogP) is 3.39. The maximum atomic E-state index is 13.9. The second-order valence-electron chi connectivity index (χ2n) is 6.30. The summed E-state index contributed by atoms with van der Waals surface area (Å²) in [6, 6.07) is 6.37. The largest absolute Gasteiger partial charge is 0.487 e. The predicted molar refractivity (Wildman–Crippen MR) is 106 cm³/mol. The zero-order valence-corrected chi connectivity index (χ0v) is 16.8. The zero-order valence-electron chi connectivity index (χ0n) is 15.3. The Morgan fingerprint density at radius 1 is 1.28 bits per heavy atom. The molecular weight excluding hydrogens is 448 g/mol. The van der Waals surface area contributed by atoms with E-state index in [1.54, 1.807) is 19.1 Å². The summed E-state index contributed by atoms with van der Waals surface area (Å²) in [7, 11) is 0. The van der Waals surface area contributed by atoms with Crippen molar-refractivity contribution < 1.29 is 18.3 Å². The van der Waals surface area contributed by atoms with E-state index in [0.717, 1.165) is 12.1 Å². The molecule has 0 spiro atoms. The minimum absolute atomic E-state index is 0.145. The molecule has 1 amide bonds. The fourth-order valence-electron chi connectivity index (χ4n) is 2.71. The van der Waals surface area contributed by atoms with Gasteiger partial charge in [0.15, 0.2) is 0 Å². The Labute approximate surface area is 172 Å². The van der Waals surface area contributed by atoms with Crippen LogP contribution in [-0.4, -0.2) is 15.9 Å². The van der Waals surface area contributed by atoms with Crippen molar-refractivity contribution in [2.24, 2.45) is 5.73 Å². The number of hydrogen-bond acceptors (Lipinski definition) is 4. The van der Waals surface area contributed by atoms with E-state index < -0.39 is 23.1 Å². The lowest BCUT2D eigenvalue weighted by Crippen LogP contribution is -2.15. The number of hydrogen-bond donors (Lipinski definition) is 2. The van der Waals surface area contributed by atoms with Gasteiger partial charge >= 0.3 is 0 Å². The van der Waals surface area contributed by atoms with Crippen molar-refractivity contribution in [1.82, 2.24) is 9.97 Å². The molecule has 0 atom stereocenters. The number of carbonyl (C=O) groups is 1. The summed E-state index contributed by atoms with van der Waals surface area (Å²) >= 11 is 3.21. The lowest BCUT2D eigenvalue weighted by Gasteiger charge is -2.16. The van der Waals surface area contributed by atoms with E-state index in [2.05, 4.69) is 25.9 Å². The van der Waals surface area contributed by atoms with Crippen LogP contribution in [0.25, 0.3) is 0 Å². The van der Waals surface area contributed by atoms with Crippen molar-refractivity contribution in [3.63, 3.8) is 0 Å². The van der Waals surface area contributed by atoms with Gasteiger partial charge in [-0.05, 0) is 47.1 Å². The molecule has 2 aromatic heterocycles. The number of ether oxygens (including phenoxy) is 1. The minimum atomic E-state index is -0.743. The zero-order chi connectivity index (χ0) is 21.1. The maximum absolute atomic E-state index is 13.9. The third-order valence-electron chi connectivity index (χ3n) is 4.28. The molecule has 0 bridgehead atoms. The summed E-state index contributed by atoms with van der Waals surface area (Å²) in [5.74, 6) is -1.79. The number of nitrogens with two attached hydrogens (primary N) is 1. The number of carbonyl (C=O) groups excluding carboxylic acids is 1. The van der Waals surface area contributed by atoms with Crippen molar-refractivity contribution in [1.29, 1.82) is 0 Å². The number of rotatable bonds is 6. The molecular formula is C20H16BrF2N3O3. The van der Waals surface area contributed by atoms with Crippen LogP contribution in [0, 0.1) is 18.6 Å². The van der Waals surface area contributed by atoms with Crippen LogP contribution in [0.4, 0.5) is 8.78 Å². The van der Waals surface area contributed by atoms with Crippen LogP contribution in [0.3, 0.4) is 0 Å². The molecule has 0 aliphatic rings. The van der Waals surface area contributed by atoms with Crippen LogP contribution in [0.1, 0.15) is 32.9 Å². The Morgan fingerprint density at radius 2 is 2.03 bits per heavy atom. The van der Waals surface area contributed by atoms with Gasteiger partial charge in [-0.1, -0.05) is 0 Å². The highest BCUT2D eigenvalue weighted by molar-refractivity contribution is 9.10. The number of nitrogens with zero attached hydrogens (tertiary/aromatic N) is 1. The summed E-state index contributed by atoms with van der Waals surface area (Å²) < 4.78 is 32.9. The van der Waals surface area contributed by atoms with Crippen molar-refractivity contribution in [2.75, 3.05) is 0 Å². The number of pyridine rings is 2. The molecule has 0 fully saturated rings. The summed E-state index contributed by atoms with van der Waals surface area (Å²) in [6.45, 7) is 1.50. The van der Waals surface area contributed by atoms with E-state index >= 15 is 0 Å². The van der Waals surface area contributed by atoms with Gasteiger partial charge in [-0.2, -0.15) is 0 Å². The molecule has 29 heavy (non-hydrogen) atoms. The van der Waals surface area contributed by atoms with Crippen LogP contribution in [0.5, 0.6) is 5.75 Å². The van der Waals surface area contributed by atoms with Gasteiger partial charge in [-0.3, -0.25) is 14.6 Å². The number of amides is 1. The number of aryl methyl sites for hydroxylation is 1. The molecule has 9 heteroatoms. The first-order valence-corrected chi connectivity index (χ1v) is 9.28. The minimum Gasteiger partial charge on any atom is -0.487 e. The standard InChI is InChI=1S/C20H16BrF2N3O3/c1-10-15(7-14-5-3-11(8-25-14)19(24)27)18(17(21)20(28)26-10)29-9-12-2-4-13(22)6-16(12)23/h2-6,8H,7,9H2,1H3,(H2,24,27)(H,26,28). The van der Waals surface area contributed by atoms with Crippen molar-refractivity contribution in [2.45, 2.75) is 20.0 Å². The van der Waals surface area contributed by atoms with Gasteiger partial charge in [0, 0.05) is 41.2 Å². The van der Waals surface area contributed by atoms with Crippen molar-refractivity contribution in [3.05, 3.63) is 91.1 Å². The van der Waals surface area contributed by atoms with Gasteiger partial charge in [0.2, 0.25) is 5.91 Å². The van der Waals surface area contributed by atoms with Crippen molar-refractivity contribution in [3.8, 4) is 5.75 Å². The average Bonchev–Trinajstić information content (AvgIpc) is 2.67. The Kier molecular flexibility index (Phi) is 6.07. The first-order chi connectivity index (χ1) is 13.8. The van der Waals surface area contributed by atoms with E-state index in [4.69, 9.17) is 10.5 Å². The summed E-state index contributed by atoms with van der Waals surface area (Å²) in [6.07, 6.45) is 1.64. The average molecular weight is 464 g/mol. The third kappa shape index (κ3) is 4.68. The van der Waals surface area contributed by atoms with Crippen LogP contribution in [0.15, 0.2) is 45.8 Å². The van der Waals surface area contributed by atoms with E-state index in [9.17, 15) is 18.4 Å². The molecule has 0 aliphatic heterocycles. The number of aromatic nitrogens is 2. The molecule has 3 N–H and O–H groups in total. The Bertz CT molecular complexity index is 1130. The van der Waals surface area contributed by atoms with Gasteiger partial charge in [0.1, 0.15) is 28.5 Å². The number of benzene rings is 1. The summed E-state index contributed by atoms with van der Waals surface area (Å²) in [5, 5.41) is 0. The highest BCUT2D eigenvalue weighted by Gasteiger charge is 2.18. The Balaban J connectivity index is 1.93. The van der Waals surface area contributed by atoms with Gasteiger partial charge in [0.25, 0.3) is 5.56 Å². The number of nitrogens with one attached hydrogen (secondary N) is 1. The lowest BCUT2D eigenvalue weighted by molar-refractivity contribution is 0.1000. The monoisotopic (exact) mass is 463 g/mol. The molecule has 1 aromatic carbocycles. The topological polar surface area (TPSA) is 98.1 Å². The number of aromatic amines is 1. The second-order valence-corrected chi connectivity index (χ2v) is 7.10. The Morgan fingerprint density at radius 3 is 2.66 bits per heavy atom. The van der Waals surface area contributed by atoms with E-state index in [0.29, 0.717) is 17.0 Å². The second kappa shape index (κ2) is 8.52. The number of H-pyrrole nitrogens is 1. The Hall–Kier alpha value is -3.07. The van der Waals surface area contributed by atoms with Gasteiger partial charge in [-0.25, -0.2) is 8.78 Å². The molecule has 3 aromatic rings. The fraction of sp³-hybridized carbons (Fsp3) is 0.150. The molecule has 6 nitrogen and oxygen atoms in total. The smallest absolute Gasteiger partial charge is 0.266 e. The first kappa shape index (κ1) is 20.7. The SMILES string of the molecule is Cc1[nH]c(=O)c(Br)c(OCc2ccc(F)cc2F)c1Cc1ccc(C(N)=O)cn1. The molecule has 2 heterocycles.